The van der Waals surface area contributed by atoms with E-state index in [-0.39, 0.29) is 11.6 Å². The third-order valence-corrected chi connectivity index (χ3v) is 3.42. The van der Waals surface area contributed by atoms with Gasteiger partial charge in [-0.3, -0.25) is 4.57 Å². The Hall–Kier alpha value is 0.150. The zero-order chi connectivity index (χ0) is 9.99. The van der Waals surface area contributed by atoms with E-state index in [0.29, 0.717) is 12.3 Å². The number of hydrogen-bond acceptors (Lipinski definition) is 1. The summed E-state index contributed by atoms with van der Waals surface area (Å²) in [7, 11) is -3.80. The molecular formula is C8H19O3P. The van der Waals surface area contributed by atoms with Crippen molar-refractivity contribution in [3.05, 3.63) is 0 Å². The molecule has 0 fully saturated rings. The Bertz CT molecular complexity index is 181. The van der Waals surface area contributed by atoms with E-state index in [1.54, 1.807) is 0 Å². The summed E-state index contributed by atoms with van der Waals surface area (Å²) in [5, 5.41) is 0. The molecule has 0 aromatic rings. The number of hydrogen-bond donors (Lipinski definition) is 2. The van der Waals surface area contributed by atoms with Gasteiger partial charge in [0, 0.05) is 0 Å². The minimum atomic E-state index is -3.80. The topological polar surface area (TPSA) is 57.5 Å². The average Bonchev–Trinajstić information content (AvgIpc) is 1.82. The fraction of sp³-hybridized carbons (Fsp3) is 1.00. The lowest BCUT2D eigenvalue weighted by atomic mass is 9.79. The second-order valence-corrected chi connectivity index (χ2v) is 6.06. The summed E-state index contributed by atoms with van der Waals surface area (Å²) < 4.78 is 10.6. The van der Waals surface area contributed by atoms with Gasteiger partial charge in [-0.2, -0.15) is 0 Å². The van der Waals surface area contributed by atoms with Crippen LogP contribution in [0, 0.1) is 11.3 Å². The van der Waals surface area contributed by atoms with E-state index in [4.69, 9.17) is 9.79 Å². The monoisotopic (exact) mass is 194 g/mol. The molecule has 0 amide bonds. The van der Waals surface area contributed by atoms with Gasteiger partial charge < -0.3 is 9.79 Å². The smallest absolute Gasteiger partial charge is 0.324 e. The molecule has 0 unspecified atom stereocenters. The molecule has 74 valence electrons. The Labute approximate surface area is 74.3 Å². The summed E-state index contributed by atoms with van der Waals surface area (Å²) in [4.78, 5) is 17.3. The lowest BCUT2D eigenvalue weighted by Gasteiger charge is -2.29. The molecule has 0 aromatic carbocycles. The Morgan fingerprint density at radius 3 is 2.00 bits per heavy atom. The summed E-state index contributed by atoms with van der Waals surface area (Å²) in [5.41, 5.74) is 0.0150. The Morgan fingerprint density at radius 1 is 1.33 bits per heavy atom. The summed E-state index contributed by atoms with van der Waals surface area (Å²) in [5.74, 6) is 0.448. The predicted molar refractivity (Wildman–Crippen MR) is 50.1 cm³/mol. The number of rotatable bonds is 4. The SMILES string of the molecule is CC(C)C(C)(C)CCP(=O)(O)O. The quantitative estimate of drug-likeness (QED) is 0.675. The molecule has 0 saturated heterocycles. The Balaban J connectivity index is 4.01. The van der Waals surface area contributed by atoms with Crippen LogP contribution in [-0.2, 0) is 4.57 Å². The first-order valence-electron chi connectivity index (χ1n) is 4.20. The summed E-state index contributed by atoms with van der Waals surface area (Å²) in [6.07, 6.45) is 0.577. The standard InChI is InChI=1S/C8H19O3P/c1-7(2)8(3,4)5-6-12(9,10)11/h7H,5-6H2,1-4H3,(H2,9,10,11). The fourth-order valence-corrected chi connectivity index (χ4v) is 1.59. The minimum Gasteiger partial charge on any atom is -0.324 e. The van der Waals surface area contributed by atoms with E-state index in [2.05, 4.69) is 13.8 Å². The van der Waals surface area contributed by atoms with Crippen molar-refractivity contribution in [2.24, 2.45) is 11.3 Å². The van der Waals surface area contributed by atoms with Gasteiger partial charge in [0.05, 0.1) is 6.16 Å². The molecular weight excluding hydrogens is 175 g/mol. The molecule has 0 bridgehead atoms. The van der Waals surface area contributed by atoms with Crippen LogP contribution in [0.25, 0.3) is 0 Å². The van der Waals surface area contributed by atoms with Crippen LogP contribution in [-0.4, -0.2) is 15.9 Å². The van der Waals surface area contributed by atoms with Crippen molar-refractivity contribution >= 4 is 7.60 Å². The lowest BCUT2D eigenvalue weighted by molar-refractivity contribution is 0.234. The maximum absolute atomic E-state index is 10.6. The Kier molecular flexibility index (Phi) is 3.95. The van der Waals surface area contributed by atoms with E-state index >= 15 is 0 Å². The van der Waals surface area contributed by atoms with E-state index < -0.39 is 7.60 Å². The average molecular weight is 194 g/mol. The van der Waals surface area contributed by atoms with Crippen molar-refractivity contribution in [1.82, 2.24) is 0 Å². The van der Waals surface area contributed by atoms with E-state index in [1.165, 1.54) is 0 Å². The van der Waals surface area contributed by atoms with Gasteiger partial charge in [-0.05, 0) is 17.8 Å². The highest BCUT2D eigenvalue weighted by Crippen LogP contribution is 2.41. The van der Waals surface area contributed by atoms with Crippen molar-refractivity contribution in [3.63, 3.8) is 0 Å². The third kappa shape index (κ3) is 4.91. The molecule has 3 nitrogen and oxygen atoms in total. The molecule has 0 aliphatic heterocycles. The van der Waals surface area contributed by atoms with Gasteiger partial charge >= 0.3 is 7.60 Å². The van der Waals surface area contributed by atoms with Crippen molar-refractivity contribution in [2.75, 3.05) is 6.16 Å². The first kappa shape index (κ1) is 12.2. The summed E-state index contributed by atoms with van der Waals surface area (Å²) in [6, 6.07) is 0. The van der Waals surface area contributed by atoms with Gasteiger partial charge in [-0.1, -0.05) is 27.7 Å². The van der Waals surface area contributed by atoms with Gasteiger partial charge in [0.25, 0.3) is 0 Å². The van der Waals surface area contributed by atoms with Crippen LogP contribution in [0.3, 0.4) is 0 Å². The van der Waals surface area contributed by atoms with Crippen molar-refractivity contribution in [2.45, 2.75) is 34.1 Å². The van der Waals surface area contributed by atoms with Gasteiger partial charge in [0.15, 0.2) is 0 Å². The second-order valence-electron chi connectivity index (χ2n) is 4.28. The van der Waals surface area contributed by atoms with Crippen molar-refractivity contribution in [1.29, 1.82) is 0 Å². The molecule has 0 heterocycles. The third-order valence-electron chi connectivity index (χ3n) is 2.61. The highest BCUT2D eigenvalue weighted by Gasteiger charge is 2.25. The molecule has 0 radical (unpaired) electrons. The highest BCUT2D eigenvalue weighted by molar-refractivity contribution is 7.51. The zero-order valence-electron chi connectivity index (χ0n) is 8.24. The van der Waals surface area contributed by atoms with Crippen LogP contribution >= 0.6 is 7.60 Å². The first-order chi connectivity index (χ1) is 5.15. The molecule has 0 atom stereocenters. The van der Waals surface area contributed by atoms with E-state index in [0.717, 1.165) is 0 Å². The molecule has 0 aliphatic rings. The minimum absolute atomic E-state index is 0.00181. The van der Waals surface area contributed by atoms with Crippen LogP contribution in [0.1, 0.15) is 34.1 Å². The van der Waals surface area contributed by atoms with Crippen LogP contribution in [0.5, 0.6) is 0 Å². The molecule has 0 aliphatic carbocycles. The van der Waals surface area contributed by atoms with Gasteiger partial charge in [-0.15, -0.1) is 0 Å². The van der Waals surface area contributed by atoms with Crippen LogP contribution in [0.15, 0.2) is 0 Å². The fourth-order valence-electron chi connectivity index (χ4n) is 0.722. The molecule has 4 heteroatoms. The predicted octanol–water partition coefficient (Wildman–Crippen LogP) is 2.24. The zero-order valence-corrected chi connectivity index (χ0v) is 9.14. The maximum Gasteiger partial charge on any atom is 0.325 e. The normalized spacial score (nSPS) is 13.9. The summed E-state index contributed by atoms with van der Waals surface area (Å²) in [6.45, 7) is 8.21. The van der Waals surface area contributed by atoms with Crippen LogP contribution < -0.4 is 0 Å². The van der Waals surface area contributed by atoms with Crippen LogP contribution in [0.4, 0.5) is 0 Å². The molecule has 0 aromatic heterocycles. The van der Waals surface area contributed by atoms with E-state index in [9.17, 15) is 4.57 Å². The van der Waals surface area contributed by atoms with Crippen LogP contribution in [0.2, 0.25) is 0 Å². The summed E-state index contributed by atoms with van der Waals surface area (Å²) >= 11 is 0. The molecule has 12 heavy (non-hydrogen) atoms. The molecule has 2 N–H and O–H groups in total. The molecule has 0 saturated carbocycles. The van der Waals surface area contributed by atoms with Gasteiger partial charge in [-0.25, -0.2) is 0 Å². The second kappa shape index (κ2) is 3.91. The Morgan fingerprint density at radius 2 is 1.75 bits per heavy atom. The van der Waals surface area contributed by atoms with E-state index in [1.807, 2.05) is 13.8 Å². The van der Waals surface area contributed by atoms with Gasteiger partial charge in [0.1, 0.15) is 0 Å². The molecule has 0 spiro atoms. The van der Waals surface area contributed by atoms with Gasteiger partial charge in [0.2, 0.25) is 0 Å². The first-order valence-corrected chi connectivity index (χ1v) is 5.99. The largest absolute Gasteiger partial charge is 0.325 e. The lowest BCUT2D eigenvalue weighted by Crippen LogP contribution is -2.20. The highest BCUT2D eigenvalue weighted by atomic mass is 31.2. The maximum atomic E-state index is 10.6. The van der Waals surface area contributed by atoms with Crippen molar-refractivity contribution in [3.8, 4) is 0 Å². The van der Waals surface area contributed by atoms with Crippen molar-refractivity contribution < 1.29 is 14.4 Å². The molecule has 0 rings (SSSR count).